The van der Waals surface area contributed by atoms with Gasteiger partial charge in [0.1, 0.15) is 5.15 Å². The number of hydrogen-bond donors (Lipinski definition) is 0. The molecule has 0 aliphatic carbocycles. The Hall–Kier alpha value is -2.13. The largest absolute Gasteiger partial charge is 0.234 e. The van der Waals surface area contributed by atoms with Crippen molar-refractivity contribution in [3.05, 3.63) is 65.9 Å². The molecule has 0 aliphatic rings. The summed E-state index contributed by atoms with van der Waals surface area (Å²) >= 11 is 5.92. The fraction of sp³-hybridized carbons (Fsp3) is 0. The fourth-order valence-corrected chi connectivity index (χ4v) is 1.99. The van der Waals surface area contributed by atoms with E-state index in [2.05, 4.69) is 10.1 Å². The molecule has 18 heavy (non-hydrogen) atoms. The van der Waals surface area contributed by atoms with Crippen molar-refractivity contribution in [1.29, 1.82) is 0 Å². The monoisotopic (exact) mass is 255 g/mol. The van der Waals surface area contributed by atoms with Gasteiger partial charge in [-0.05, 0) is 30.3 Å². The Bertz CT molecular complexity index is 662. The number of benzene rings is 1. The summed E-state index contributed by atoms with van der Waals surface area (Å²) in [6, 6.07) is 17.4. The summed E-state index contributed by atoms with van der Waals surface area (Å²) in [5.74, 6) is 0. The van der Waals surface area contributed by atoms with E-state index in [1.54, 1.807) is 12.3 Å². The van der Waals surface area contributed by atoms with E-state index in [4.69, 9.17) is 11.6 Å². The summed E-state index contributed by atoms with van der Waals surface area (Å²) in [7, 11) is 0. The lowest BCUT2D eigenvalue weighted by atomic mass is 10.2. The maximum atomic E-state index is 5.92. The van der Waals surface area contributed by atoms with E-state index in [0.717, 1.165) is 17.1 Å². The molecule has 2 heterocycles. The van der Waals surface area contributed by atoms with Crippen LogP contribution in [0.5, 0.6) is 0 Å². The minimum absolute atomic E-state index is 0.480. The Kier molecular flexibility index (Phi) is 2.82. The van der Waals surface area contributed by atoms with Crippen molar-refractivity contribution in [3.63, 3.8) is 0 Å². The van der Waals surface area contributed by atoms with E-state index in [-0.39, 0.29) is 0 Å². The lowest BCUT2D eigenvalue weighted by Crippen LogP contribution is -1.99. The van der Waals surface area contributed by atoms with E-state index >= 15 is 0 Å². The molecule has 1 aromatic carbocycles. The minimum Gasteiger partial charge on any atom is -0.234 e. The number of hydrogen-bond acceptors (Lipinski definition) is 2. The van der Waals surface area contributed by atoms with Crippen molar-refractivity contribution in [3.8, 4) is 17.1 Å². The molecule has 0 saturated carbocycles. The Balaban J connectivity index is 2.13. The van der Waals surface area contributed by atoms with Crippen LogP contribution in [0.15, 0.2) is 60.8 Å². The average Bonchev–Trinajstić information content (AvgIpc) is 2.89. The number of pyridine rings is 1. The molecule has 0 spiro atoms. The number of rotatable bonds is 2. The van der Waals surface area contributed by atoms with E-state index in [1.165, 1.54) is 0 Å². The van der Waals surface area contributed by atoms with Crippen molar-refractivity contribution < 1.29 is 0 Å². The molecule has 3 aromatic rings. The van der Waals surface area contributed by atoms with Crippen molar-refractivity contribution in [2.45, 2.75) is 0 Å². The number of nitrogens with zero attached hydrogens (tertiary/aromatic N) is 3. The standard InChI is InChI=1S/C14H10ClN3/c15-14-8-4-7-12(17-14)13-9-10-16-18(13)11-5-2-1-3-6-11/h1-10H. The summed E-state index contributed by atoms with van der Waals surface area (Å²) in [6.07, 6.45) is 1.75. The summed E-state index contributed by atoms with van der Waals surface area (Å²) in [5, 5.41) is 4.81. The third kappa shape index (κ3) is 2.00. The Labute approximate surface area is 110 Å². The highest BCUT2D eigenvalue weighted by atomic mass is 35.5. The molecule has 0 radical (unpaired) electrons. The number of para-hydroxylation sites is 1. The first-order chi connectivity index (χ1) is 8.84. The van der Waals surface area contributed by atoms with E-state index in [9.17, 15) is 0 Å². The van der Waals surface area contributed by atoms with Crippen LogP contribution in [0.3, 0.4) is 0 Å². The molecule has 0 amide bonds. The normalized spacial score (nSPS) is 10.5. The Morgan fingerprint density at radius 3 is 2.50 bits per heavy atom. The second-order valence-corrected chi connectivity index (χ2v) is 4.20. The second kappa shape index (κ2) is 4.63. The quantitative estimate of drug-likeness (QED) is 0.655. The molecular weight excluding hydrogens is 246 g/mol. The van der Waals surface area contributed by atoms with Crippen LogP contribution in [-0.2, 0) is 0 Å². The highest BCUT2D eigenvalue weighted by Gasteiger charge is 2.08. The van der Waals surface area contributed by atoms with Gasteiger partial charge in [0.25, 0.3) is 0 Å². The van der Waals surface area contributed by atoms with Gasteiger partial charge in [-0.3, -0.25) is 0 Å². The lowest BCUT2D eigenvalue weighted by molar-refractivity contribution is 0.884. The van der Waals surface area contributed by atoms with Gasteiger partial charge in [0.2, 0.25) is 0 Å². The lowest BCUT2D eigenvalue weighted by Gasteiger charge is -2.06. The number of aromatic nitrogens is 3. The molecule has 0 N–H and O–H groups in total. The zero-order valence-corrected chi connectivity index (χ0v) is 10.2. The molecule has 2 aromatic heterocycles. The van der Waals surface area contributed by atoms with Gasteiger partial charge >= 0.3 is 0 Å². The van der Waals surface area contributed by atoms with Gasteiger partial charge in [0.05, 0.1) is 23.3 Å². The molecule has 4 heteroatoms. The highest BCUT2D eigenvalue weighted by Crippen LogP contribution is 2.21. The number of halogens is 1. The van der Waals surface area contributed by atoms with Crippen LogP contribution in [0.2, 0.25) is 5.15 Å². The van der Waals surface area contributed by atoms with Crippen LogP contribution in [0.4, 0.5) is 0 Å². The summed E-state index contributed by atoms with van der Waals surface area (Å²) in [4.78, 5) is 4.31. The molecule has 0 atom stereocenters. The molecule has 3 nitrogen and oxygen atoms in total. The molecular formula is C14H10ClN3. The first-order valence-corrected chi connectivity index (χ1v) is 5.95. The van der Waals surface area contributed by atoms with Crippen molar-refractivity contribution in [1.82, 2.24) is 14.8 Å². The topological polar surface area (TPSA) is 30.7 Å². The average molecular weight is 256 g/mol. The van der Waals surface area contributed by atoms with Crippen molar-refractivity contribution in [2.24, 2.45) is 0 Å². The van der Waals surface area contributed by atoms with Crippen LogP contribution in [0, 0.1) is 0 Å². The van der Waals surface area contributed by atoms with Crippen LogP contribution < -0.4 is 0 Å². The van der Waals surface area contributed by atoms with Crippen molar-refractivity contribution in [2.75, 3.05) is 0 Å². The maximum Gasteiger partial charge on any atom is 0.129 e. The molecule has 0 saturated heterocycles. The molecule has 0 fully saturated rings. The van der Waals surface area contributed by atoms with Crippen LogP contribution >= 0.6 is 11.6 Å². The third-order valence-corrected chi connectivity index (χ3v) is 2.83. The van der Waals surface area contributed by atoms with E-state index in [1.807, 2.05) is 53.2 Å². The Morgan fingerprint density at radius 1 is 0.889 bits per heavy atom. The minimum atomic E-state index is 0.480. The summed E-state index contributed by atoms with van der Waals surface area (Å²) < 4.78 is 1.85. The zero-order valence-electron chi connectivity index (χ0n) is 9.49. The van der Waals surface area contributed by atoms with E-state index in [0.29, 0.717) is 5.15 Å². The fourth-order valence-electron chi connectivity index (χ4n) is 1.82. The zero-order chi connectivity index (χ0) is 12.4. The van der Waals surface area contributed by atoms with Gasteiger partial charge in [-0.1, -0.05) is 35.9 Å². The van der Waals surface area contributed by atoms with Gasteiger partial charge in [-0.25, -0.2) is 9.67 Å². The van der Waals surface area contributed by atoms with Crippen molar-refractivity contribution >= 4 is 11.6 Å². The molecule has 0 unspecified atom stereocenters. The molecule has 3 rings (SSSR count). The van der Waals surface area contributed by atoms with Gasteiger partial charge in [-0.2, -0.15) is 5.10 Å². The SMILES string of the molecule is Clc1cccc(-c2ccnn2-c2ccccc2)n1. The Morgan fingerprint density at radius 2 is 1.72 bits per heavy atom. The van der Waals surface area contributed by atoms with Gasteiger partial charge in [-0.15, -0.1) is 0 Å². The van der Waals surface area contributed by atoms with Gasteiger partial charge in [0, 0.05) is 0 Å². The van der Waals surface area contributed by atoms with Crippen LogP contribution in [0.25, 0.3) is 17.1 Å². The summed E-state index contributed by atoms with van der Waals surface area (Å²) in [5.41, 5.74) is 2.73. The predicted octanol–water partition coefficient (Wildman–Crippen LogP) is 3.59. The molecule has 88 valence electrons. The predicted molar refractivity (Wildman–Crippen MR) is 71.8 cm³/mol. The van der Waals surface area contributed by atoms with Crippen LogP contribution in [-0.4, -0.2) is 14.8 Å². The molecule has 0 aliphatic heterocycles. The van der Waals surface area contributed by atoms with Gasteiger partial charge < -0.3 is 0 Å². The van der Waals surface area contributed by atoms with E-state index < -0.39 is 0 Å². The van der Waals surface area contributed by atoms with Gasteiger partial charge in [0.15, 0.2) is 0 Å². The third-order valence-electron chi connectivity index (χ3n) is 2.62. The first-order valence-electron chi connectivity index (χ1n) is 5.57. The first kappa shape index (κ1) is 11.0. The summed E-state index contributed by atoms with van der Waals surface area (Å²) in [6.45, 7) is 0. The highest BCUT2D eigenvalue weighted by molar-refractivity contribution is 6.29. The van der Waals surface area contributed by atoms with Crippen LogP contribution in [0.1, 0.15) is 0 Å². The maximum absolute atomic E-state index is 5.92. The second-order valence-electron chi connectivity index (χ2n) is 3.81. The smallest absolute Gasteiger partial charge is 0.129 e. The molecule has 0 bridgehead atoms.